The second-order valence-corrected chi connectivity index (χ2v) is 6.68. The van der Waals surface area contributed by atoms with Crippen molar-refractivity contribution in [2.75, 3.05) is 13.2 Å². The molecule has 0 fully saturated rings. The fourth-order valence-electron chi connectivity index (χ4n) is 3.07. The van der Waals surface area contributed by atoms with Gasteiger partial charge in [-0.25, -0.2) is 4.79 Å². The van der Waals surface area contributed by atoms with Gasteiger partial charge in [0.25, 0.3) is 5.91 Å². The van der Waals surface area contributed by atoms with E-state index in [4.69, 9.17) is 4.74 Å². The zero-order valence-electron chi connectivity index (χ0n) is 16.1. The van der Waals surface area contributed by atoms with Gasteiger partial charge in [-0.2, -0.15) is 0 Å². The van der Waals surface area contributed by atoms with E-state index in [-0.39, 0.29) is 17.6 Å². The summed E-state index contributed by atoms with van der Waals surface area (Å²) in [4.78, 5) is 24.3. The average molecular weight is 369 g/mol. The Bertz CT molecular complexity index is 785. The van der Waals surface area contributed by atoms with E-state index in [1.807, 2.05) is 6.92 Å². The minimum atomic E-state index is -1.02. The van der Waals surface area contributed by atoms with Crippen LogP contribution in [0.4, 0.5) is 0 Å². The molecule has 0 bridgehead atoms. The number of aromatic carboxylic acids is 1. The Morgan fingerprint density at radius 1 is 1.00 bits per heavy atom. The number of carbonyl (C=O) groups excluding carboxylic acids is 1. The summed E-state index contributed by atoms with van der Waals surface area (Å²) in [5.74, 6) is -0.862. The van der Waals surface area contributed by atoms with Gasteiger partial charge in [-0.15, -0.1) is 0 Å². The summed E-state index contributed by atoms with van der Waals surface area (Å²) < 4.78 is 5.71. The molecule has 0 aromatic heterocycles. The molecule has 1 unspecified atom stereocenters. The van der Waals surface area contributed by atoms with Gasteiger partial charge >= 0.3 is 5.97 Å². The van der Waals surface area contributed by atoms with Gasteiger partial charge < -0.3 is 15.2 Å². The van der Waals surface area contributed by atoms with Gasteiger partial charge in [-0.1, -0.05) is 50.2 Å². The van der Waals surface area contributed by atoms with Crippen molar-refractivity contribution in [1.29, 1.82) is 0 Å². The molecule has 2 rings (SSSR count). The number of hydrogen-bond acceptors (Lipinski definition) is 3. The van der Waals surface area contributed by atoms with Crippen molar-refractivity contribution in [1.82, 2.24) is 5.32 Å². The monoisotopic (exact) mass is 369 g/mol. The molecule has 5 heteroatoms. The Morgan fingerprint density at radius 3 is 2.11 bits per heavy atom. The second kappa shape index (κ2) is 9.88. The molecular weight excluding hydrogens is 342 g/mol. The zero-order valence-corrected chi connectivity index (χ0v) is 16.1. The fourth-order valence-corrected chi connectivity index (χ4v) is 3.07. The molecule has 1 atom stereocenters. The van der Waals surface area contributed by atoms with Crippen molar-refractivity contribution < 1.29 is 19.4 Å². The van der Waals surface area contributed by atoms with E-state index in [0.29, 0.717) is 35.8 Å². The molecule has 2 aromatic rings. The van der Waals surface area contributed by atoms with Gasteiger partial charge in [-0.05, 0) is 42.5 Å². The van der Waals surface area contributed by atoms with E-state index < -0.39 is 5.97 Å². The smallest absolute Gasteiger partial charge is 0.336 e. The maximum absolute atomic E-state index is 12.7. The molecule has 2 aromatic carbocycles. The van der Waals surface area contributed by atoms with Crippen molar-refractivity contribution in [3.63, 3.8) is 0 Å². The molecule has 5 nitrogen and oxygen atoms in total. The summed E-state index contributed by atoms with van der Waals surface area (Å²) in [6.07, 6.45) is 0.823. The van der Waals surface area contributed by atoms with E-state index >= 15 is 0 Å². The number of benzene rings is 2. The fraction of sp³-hybridized carbons (Fsp3) is 0.364. The normalized spacial score (nSPS) is 12.0. The minimum absolute atomic E-state index is 0.0956. The average Bonchev–Trinajstić information content (AvgIpc) is 2.67. The highest BCUT2D eigenvalue weighted by atomic mass is 16.5. The number of carboxylic acids is 1. The molecule has 0 radical (unpaired) electrons. The van der Waals surface area contributed by atoms with Gasteiger partial charge in [0.2, 0.25) is 0 Å². The number of ether oxygens (including phenoxy) is 1. The quantitative estimate of drug-likeness (QED) is 0.693. The first-order valence-corrected chi connectivity index (χ1v) is 9.27. The highest BCUT2D eigenvalue weighted by molar-refractivity contribution is 6.04. The van der Waals surface area contributed by atoms with Crippen LogP contribution in [0.5, 0.6) is 0 Å². The Balaban J connectivity index is 2.18. The first-order chi connectivity index (χ1) is 13.0. The van der Waals surface area contributed by atoms with E-state index in [2.05, 4.69) is 19.2 Å². The highest BCUT2D eigenvalue weighted by Gasteiger charge is 2.18. The molecule has 0 aliphatic heterocycles. The molecule has 0 heterocycles. The lowest BCUT2D eigenvalue weighted by molar-refractivity contribution is 0.0251. The zero-order chi connectivity index (χ0) is 19.8. The summed E-state index contributed by atoms with van der Waals surface area (Å²) in [7, 11) is 0. The lowest BCUT2D eigenvalue weighted by atomic mass is 9.95. The molecule has 2 N–H and O–H groups in total. The third-order valence-corrected chi connectivity index (χ3v) is 4.46. The number of carboxylic acid groups (broad SMARTS) is 1. The number of amides is 1. The van der Waals surface area contributed by atoms with Crippen molar-refractivity contribution in [3.05, 3.63) is 59.7 Å². The Kier molecular flexibility index (Phi) is 7.55. The van der Waals surface area contributed by atoms with Crippen LogP contribution in [-0.2, 0) is 4.74 Å². The topological polar surface area (TPSA) is 75.6 Å². The molecule has 1 amide bonds. The molecule has 0 saturated heterocycles. The molecular formula is C22H27NO4. The van der Waals surface area contributed by atoms with Crippen molar-refractivity contribution in [2.45, 2.75) is 33.3 Å². The van der Waals surface area contributed by atoms with E-state index in [0.717, 1.165) is 6.42 Å². The molecule has 27 heavy (non-hydrogen) atoms. The van der Waals surface area contributed by atoms with Crippen LogP contribution in [0.15, 0.2) is 48.5 Å². The van der Waals surface area contributed by atoms with Crippen molar-refractivity contribution >= 4 is 11.9 Å². The van der Waals surface area contributed by atoms with Crippen molar-refractivity contribution in [2.24, 2.45) is 5.92 Å². The third-order valence-electron chi connectivity index (χ3n) is 4.46. The minimum Gasteiger partial charge on any atom is -0.478 e. The van der Waals surface area contributed by atoms with Gasteiger partial charge in [0.1, 0.15) is 0 Å². The van der Waals surface area contributed by atoms with Crippen molar-refractivity contribution in [3.8, 4) is 11.1 Å². The summed E-state index contributed by atoms with van der Waals surface area (Å²) in [5.41, 5.74) is 1.78. The Hall–Kier alpha value is -2.66. The molecule has 144 valence electrons. The third kappa shape index (κ3) is 5.41. The van der Waals surface area contributed by atoms with Crippen LogP contribution in [0.25, 0.3) is 11.1 Å². The van der Waals surface area contributed by atoms with Crippen LogP contribution in [0.2, 0.25) is 0 Å². The summed E-state index contributed by atoms with van der Waals surface area (Å²) in [6, 6.07) is 13.8. The lowest BCUT2D eigenvalue weighted by Crippen LogP contribution is -2.30. The molecule has 0 aliphatic carbocycles. The number of nitrogens with one attached hydrogen (secondary N) is 1. The first kappa shape index (κ1) is 20.6. The Labute approximate surface area is 160 Å². The van der Waals surface area contributed by atoms with E-state index in [1.165, 1.54) is 0 Å². The van der Waals surface area contributed by atoms with Gasteiger partial charge in [0, 0.05) is 18.7 Å². The standard InChI is InChI=1S/C22H27NO4/c1-4-27-20(15(2)3)13-14-23-21(24)18-11-7-5-9-16(18)17-10-6-8-12-19(17)22(25)26/h5-12,15,20H,4,13-14H2,1-3H3,(H,23,24)(H,25,26). The first-order valence-electron chi connectivity index (χ1n) is 9.27. The summed E-state index contributed by atoms with van der Waals surface area (Å²) in [5, 5.41) is 12.4. The summed E-state index contributed by atoms with van der Waals surface area (Å²) >= 11 is 0. The highest BCUT2D eigenvalue weighted by Crippen LogP contribution is 2.27. The lowest BCUT2D eigenvalue weighted by Gasteiger charge is -2.21. The van der Waals surface area contributed by atoms with Gasteiger partial charge in [0.05, 0.1) is 11.7 Å². The number of carbonyl (C=O) groups is 2. The summed E-state index contributed by atoms with van der Waals surface area (Å²) in [6.45, 7) is 7.30. The molecule has 0 spiro atoms. The number of hydrogen-bond donors (Lipinski definition) is 2. The number of rotatable bonds is 9. The predicted molar refractivity (Wildman–Crippen MR) is 106 cm³/mol. The van der Waals surface area contributed by atoms with Crippen LogP contribution in [-0.4, -0.2) is 36.2 Å². The largest absolute Gasteiger partial charge is 0.478 e. The van der Waals surface area contributed by atoms with E-state index in [9.17, 15) is 14.7 Å². The maximum atomic E-state index is 12.7. The Morgan fingerprint density at radius 2 is 1.56 bits per heavy atom. The van der Waals surface area contributed by atoms with E-state index in [1.54, 1.807) is 48.5 Å². The van der Waals surface area contributed by atoms with Crippen LogP contribution in [0, 0.1) is 5.92 Å². The molecule has 0 saturated carbocycles. The van der Waals surface area contributed by atoms with Crippen LogP contribution in [0.3, 0.4) is 0 Å². The molecule has 0 aliphatic rings. The van der Waals surface area contributed by atoms with Gasteiger partial charge in [0.15, 0.2) is 0 Å². The van der Waals surface area contributed by atoms with Crippen LogP contribution in [0.1, 0.15) is 47.9 Å². The second-order valence-electron chi connectivity index (χ2n) is 6.68. The SMILES string of the molecule is CCOC(CCNC(=O)c1ccccc1-c1ccccc1C(=O)O)C(C)C. The van der Waals surface area contributed by atoms with Crippen LogP contribution < -0.4 is 5.32 Å². The van der Waals surface area contributed by atoms with Crippen LogP contribution >= 0.6 is 0 Å². The predicted octanol–water partition coefficient (Wildman–Crippen LogP) is 4.23. The maximum Gasteiger partial charge on any atom is 0.336 e. The van der Waals surface area contributed by atoms with Gasteiger partial charge in [-0.3, -0.25) is 4.79 Å².